The van der Waals surface area contributed by atoms with Crippen LogP contribution in [0.3, 0.4) is 0 Å². The number of benzene rings is 1. The molecule has 2 aliphatic heterocycles. The predicted octanol–water partition coefficient (Wildman–Crippen LogP) is 2.38. The molecule has 2 fully saturated rings. The minimum absolute atomic E-state index is 0.160. The van der Waals surface area contributed by atoms with Crippen LogP contribution in [0.2, 0.25) is 0 Å². The van der Waals surface area contributed by atoms with E-state index < -0.39 is 0 Å². The standard InChI is InChI=1S/C19H20N2O3S/c1-24-19(23)17-15(6-7-25-17)13-4-2-12(3-5-13)9-21-10-14-8-20-18(22)16(14)11-21/h2-7,14,16H,8-11H2,1H3,(H,20,22)/t14-,16+/m0/s1. The van der Waals surface area contributed by atoms with Crippen molar-refractivity contribution in [3.05, 3.63) is 46.2 Å². The number of hydrogen-bond donors (Lipinski definition) is 1. The van der Waals surface area contributed by atoms with E-state index in [1.807, 2.05) is 23.6 Å². The molecular weight excluding hydrogens is 336 g/mol. The number of esters is 1. The molecule has 2 aliphatic rings. The minimum Gasteiger partial charge on any atom is -0.465 e. The van der Waals surface area contributed by atoms with Gasteiger partial charge >= 0.3 is 5.97 Å². The lowest BCUT2D eigenvalue weighted by atomic mass is 10.0. The Labute approximate surface area is 150 Å². The van der Waals surface area contributed by atoms with Crippen molar-refractivity contribution in [3.8, 4) is 11.1 Å². The predicted molar refractivity (Wildman–Crippen MR) is 96.4 cm³/mol. The summed E-state index contributed by atoms with van der Waals surface area (Å²) in [5.41, 5.74) is 3.15. The molecule has 1 aromatic carbocycles. The number of nitrogens with one attached hydrogen (secondary N) is 1. The monoisotopic (exact) mass is 356 g/mol. The van der Waals surface area contributed by atoms with E-state index in [2.05, 4.69) is 22.3 Å². The van der Waals surface area contributed by atoms with Crippen LogP contribution in [-0.4, -0.2) is 43.5 Å². The molecule has 5 nitrogen and oxygen atoms in total. The first-order chi connectivity index (χ1) is 12.2. The van der Waals surface area contributed by atoms with E-state index in [9.17, 15) is 9.59 Å². The maximum Gasteiger partial charge on any atom is 0.348 e. The van der Waals surface area contributed by atoms with Crippen LogP contribution in [0.15, 0.2) is 35.7 Å². The molecular formula is C19H20N2O3S. The van der Waals surface area contributed by atoms with E-state index in [-0.39, 0.29) is 17.8 Å². The van der Waals surface area contributed by atoms with Crippen LogP contribution < -0.4 is 5.32 Å². The van der Waals surface area contributed by atoms with E-state index in [1.54, 1.807) is 0 Å². The maximum atomic E-state index is 11.8. The maximum absolute atomic E-state index is 11.8. The van der Waals surface area contributed by atoms with Gasteiger partial charge in [-0.25, -0.2) is 4.79 Å². The van der Waals surface area contributed by atoms with Crippen molar-refractivity contribution in [2.75, 3.05) is 26.7 Å². The second-order valence-corrected chi connectivity index (χ2v) is 7.57. The highest BCUT2D eigenvalue weighted by atomic mass is 32.1. The van der Waals surface area contributed by atoms with Crippen LogP contribution in [0.25, 0.3) is 11.1 Å². The van der Waals surface area contributed by atoms with Gasteiger partial charge in [0.05, 0.1) is 13.0 Å². The Kier molecular flexibility index (Phi) is 4.31. The van der Waals surface area contributed by atoms with Crippen molar-refractivity contribution in [1.29, 1.82) is 0 Å². The highest BCUT2D eigenvalue weighted by Gasteiger charge is 2.41. The Morgan fingerprint density at radius 2 is 2.08 bits per heavy atom. The number of nitrogens with zero attached hydrogens (tertiary/aromatic N) is 1. The van der Waals surface area contributed by atoms with Crippen molar-refractivity contribution in [2.45, 2.75) is 6.54 Å². The SMILES string of the molecule is COC(=O)c1sccc1-c1ccc(CN2C[C@@H]3CNC(=O)[C@@H]3C2)cc1. The number of carbonyl (C=O) groups excluding carboxylic acids is 2. The van der Waals surface area contributed by atoms with Gasteiger partial charge in [-0.3, -0.25) is 9.69 Å². The fourth-order valence-corrected chi connectivity index (χ4v) is 4.62. The Morgan fingerprint density at radius 3 is 2.80 bits per heavy atom. The van der Waals surface area contributed by atoms with Gasteiger partial charge in [0.1, 0.15) is 4.88 Å². The molecule has 2 aromatic rings. The van der Waals surface area contributed by atoms with Crippen molar-refractivity contribution in [3.63, 3.8) is 0 Å². The summed E-state index contributed by atoms with van der Waals surface area (Å²) in [6.07, 6.45) is 0. The van der Waals surface area contributed by atoms with Crippen LogP contribution in [0.4, 0.5) is 0 Å². The van der Waals surface area contributed by atoms with E-state index in [0.29, 0.717) is 10.8 Å². The summed E-state index contributed by atoms with van der Waals surface area (Å²) in [5.74, 6) is 0.527. The summed E-state index contributed by atoms with van der Waals surface area (Å²) in [5, 5.41) is 4.85. The summed E-state index contributed by atoms with van der Waals surface area (Å²) in [4.78, 5) is 26.6. The third-order valence-corrected chi connectivity index (χ3v) is 5.99. The second-order valence-electron chi connectivity index (χ2n) is 6.66. The smallest absolute Gasteiger partial charge is 0.348 e. The summed E-state index contributed by atoms with van der Waals surface area (Å²) in [6.45, 7) is 3.49. The van der Waals surface area contributed by atoms with Gasteiger partial charge in [0, 0.05) is 37.7 Å². The summed E-state index contributed by atoms with van der Waals surface area (Å²) in [7, 11) is 1.40. The molecule has 130 valence electrons. The number of methoxy groups -OCH3 is 1. The number of carbonyl (C=O) groups is 2. The van der Waals surface area contributed by atoms with Crippen LogP contribution in [0, 0.1) is 11.8 Å². The van der Waals surface area contributed by atoms with E-state index in [4.69, 9.17) is 4.74 Å². The van der Waals surface area contributed by atoms with E-state index in [0.717, 1.165) is 37.3 Å². The number of likely N-dealkylation sites (tertiary alicyclic amines) is 1. The molecule has 2 saturated heterocycles. The zero-order valence-corrected chi connectivity index (χ0v) is 14.8. The average molecular weight is 356 g/mol. The lowest BCUT2D eigenvalue weighted by Gasteiger charge is -2.17. The summed E-state index contributed by atoms with van der Waals surface area (Å²) >= 11 is 1.40. The Balaban J connectivity index is 1.45. The highest BCUT2D eigenvalue weighted by Crippen LogP contribution is 2.31. The van der Waals surface area contributed by atoms with Crippen LogP contribution in [0.5, 0.6) is 0 Å². The van der Waals surface area contributed by atoms with Gasteiger partial charge in [-0.05, 0) is 22.6 Å². The third kappa shape index (κ3) is 3.07. The highest BCUT2D eigenvalue weighted by molar-refractivity contribution is 7.12. The normalized spacial score (nSPS) is 22.7. The van der Waals surface area contributed by atoms with Crippen molar-refractivity contribution >= 4 is 23.2 Å². The van der Waals surface area contributed by atoms with E-state index in [1.165, 1.54) is 24.0 Å². The van der Waals surface area contributed by atoms with E-state index >= 15 is 0 Å². The fourth-order valence-electron chi connectivity index (χ4n) is 3.79. The molecule has 0 aliphatic carbocycles. The quantitative estimate of drug-likeness (QED) is 0.855. The van der Waals surface area contributed by atoms with Gasteiger partial charge < -0.3 is 10.1 Å². The molecule has 1 amide bonds. The van der Waals surface area contributed by atoms with Crippen molar-refractivity contribution in [1.82, 2.24) is 10.2 Å². The number of hydrogen-bond acceptors (Lipinski definition) is 5. The largest absolute Gasteiger partial charge is 0.465 e. The van der Waals surface area contributed by atoms with Gasteiger partial charge in [-0.15, -0.1) is 11.3 Å². The van der Waals surface area contributed by atoms with Crippen LogP contribution in [0.1, 0.15) is 15.2 Å². The topological polar surface area (TPSA) is 58.6 Å². The molecule has 3 heterocycles. The molecule has 6 heteroatoms. The zero-order valence-electron chi connectivity index (χ0n) is 14.0. The Hall–Kier alpha value is -2.18. The first-order valence-electron chi connectivity index (χ1n) is 8.41. The average Bonchev–Trinajstić information content (AvgIpc) is 3.33. The molecule has 0 radical (unpaired) electrons. The number of rotatable bonds is 4. The number of amides is 1. The van der Waals surface area contributed by atoms with Crippen LogP contribution in [-0.2, 0) is 16.1 Å². The van der Waals surface area contributed by atoms with Crippen molar-refractivity contribution < 1.29 is 14.3 Å². The molecule has 0 bridgehead atoms. The zero-order chi connectivity index (χ0) is 17.4. The fraction of sp³-hybridized carbons (Fsp3) is 0.368. The molecule has 0 spiro atoms. The van der Waals surface area contributed by atoms with Gasteiger partial charge in [0.25, 0.3) is 0 Å². The van der Waals surface area contributed by atoms with Gasteiger partial charge in [0.15, 0.2) is 0 Å². The lowest BCUT2D eigenvalue weighted by Crippen LogP contribution is -2.28. The van der Waals surface area contributed by atoms with Crippen molar-refractivity contribution in [2.24, 2.45) is 11.8 Å². The lowest BCUT2D eigenvalue weighted by molar-refractivity contribution is -0.122. The summed E-state index contributed by atoms with van der Waals surface area (Å²) < 4.78 is 4.85. The molecule has 0 unspecified atom stereocenters. The first-order valence-corrected chi connectivity index (χ1v) is 9.29. The molecule has 2 atom stereocenters. The Morgan fingerprint density at radius 1 is 1.28 bits per heavy atom. The third-order valence-electron chi connectivity index (χ3n) is 5.10. The molecule has 1 aromatic heterocycles. The second kappa shape index (κ2) is 6.61. The number of fused-ring (bicyclic) bond motifs is 1. The molecule has 0 saturated carbocycles. The molecule has 1 N–H and O–H groups in total. The number of thiophene rings is 1. The number of ether oxygens (including phenoxy) is 1. The molecule has 4 rings (SSSR count). The summed E-state index contributed by atoms with van der Waals surface area (Å²) in [6, 6.07) is 10.2. The van der Waals surface area contributed by atoms with Gasteiger partial charge in [-0.1, -0.05) is 24.3 Å². The minimum atomic E-state index is -0.295. The van der Waals surface area contributed by atoms with Gasteiger partial charge in [0.2, 0.25) is 5.91 Å². The van der Waals surface area contributed by atoms with Crippen LogP contribution >= 0.6 is 11.3 Å². The molecule has 25 heavy (non-hydrogen) atoms. The van der Waals surface area contributed by atoms with Gasteiger partial charge in [-0.2, -0.15) is 0 Å². The Bertz CT molecular complexity index is 799. The first kappa shape index (κ1) is 16.3.